The minimum absolute atomic E-state index is 0.0554. The topological polar surface area (TPSA) is 68.5 Å². The molecule has 0 spiro atoms. The molecule has 1 aromatic heterocycles. The van der Waals surface area contributed by atoms with Crippen LogP contribution in [0.25, 0.3) is 10.9 Å². The number of nitrogens with zero attached hydrogens (tertiary/aromatic N) is 1. The molecule has 0 aliphatic carbocycles. The van der Waals surface area contributed by atoms with E-state index in [4.69, 9.17) is 4.74 Å². The van der Waals surface area contributed by atoms with Gasteiger partial charge < -0.3 is 9.84 Å². The highest BCUT2D eigenvalue weighted by Crippen LogP contribution is 2.33. The average Bonchev–Trinajstić information content (AvgIpc) is 2.98. The maximum atomic E-state index is 14.1. The molecule has 0 amide bonds. The zero-order chi connectivity index (χ0) is 23.8. The Morgan fingerprint density at radius 1 is 1.16 bits per heavy atom. The van der Waals surface area contributed by atoms with Crippen LogP contribution in [0.2, 0.25) is 0 Å². The summed E-state index contributed by atoms with van der Waals surface area (Å²) in [6.45, 7) is 5.10. The van der Waals surface area contributed by atoms with Crippen molar-refractivity contribution in [3.8, 4) is 5.75 Å². The van der Waals surface area contributed by atoms with Crippen molar-refractivity contribution in [1.29, 1.82) is 0 Å². The largest absolute Gasteiger partial charge is 0.505 e. The van der Waals surface area contributed by atoms with E-state index in [2.05, 4.69) is 0 Å². The van der Waals surface area contributed by atoms with Crippen LogP contribution in [0.5, 0.6) is 5.75 Å². The van der Waals surface area contributed by atoms with Gasteiger partial charge in [0.15, 0.2) is 11.6 Å². The number of hydrogen-bond donors (Lipinski definition) is 1. The number of phenolic OH excluding ortho intramolecular Hbond substituents is 1. The summed E-state index contributed by atoms with van der Waals surface area (Å²) in [5.41, 5.74) is -0.248. The van der Waals surface area contributed by atoms with Gasteiger partial charge in [0.25, 0.3) is 5.91 Å². The maximum Gasteiger partial charge on any atom is 0.416 e. The molecule has 2 aromatic carbocycles. The van der Waals surface area contributed by atoms with Gasteiger partial charge in [-0.3, -0.25) is 14.2 Å². The number of alkyl halides is 3. The number of halogens is 4. The molecule has 0 aliphatic heterocycles. The number of fused-ring (bicyclic) bond motifs is 1. The predicted molar refractivity (Wildman–Crippen MR) is 109 cm³/mol. The third kappa shape index (κ3) is 4.46. The van der Waals surface area contributed by atoms with Gasteiger partial charge in [-0.05, 0) is 56.2 Å². The summed E-state index contributed by atoms with van der Waals surface area (Å²) >= 11 is 0. The zero-order valence-electron chi connectivity index (χ0n) is 17.6. The van der Waals surface area contributed by atoms with Gasteiger partial charge >= 0.3 is 12.1 Å². The summed E-state index contributed by atoms with van der Waals surface area (Å²) in [5.74, 6) is -2.90. The molecular weight excluding hydrogens is 430 g/mol. The van der Waals surface area contributed by atoms with E-state index in [1.165, 1.54) is 6.92 Å². The molecule has 0 radical (unpaired) electrons. The number of benzene rings is 2. The number of hydrogen-bond acceptors (Lipinski definition) is 4. The van der Waals surface area contributed by atoms with Crippen LogP contribution in [0.3, 0.4) is 0 Å². The van der Waals surface area contributed by atoms with Gasteiger partial charge in [-0.1, -0.05) is 6.92 Å². The second kappa shape index (κ2) is 8.64. The third-order valence-electron chi connectivity index (χ3n) is 5.29. The second-order valence-corrected chi connectivity index (χ2v) is 7.49. The van der Waals surface area contributed by atoms with Crippen LogP contribution < -0.4 is 0 Å². The molecule has 170 valence electrons. The van der Waals surface area contributed by atoms with Crippen molar-refractivity contribution in [3.05, 3.63) is 64.6 Å². The number of rotatable bonds is 5. The van der Waals surface area contributed by atoms with E-state index >= 15 is 0 Å². The van der Waals surface area contributed by atoms with Crippen LogP contribution >= 0.6 is 0 Å². The molecule has 0 saturated carbocycles. The molecule has 5 nitrogen and oxygen atoms in total. The number of phenols is 1. The average molecular weight is 451 g/mol. The van der Waals surface area contributed by atoms with Crippen molar-refractivity contribution < 1.29 is 37.0 Å². The fourth-order valence-corrected chi connectivity index (χ4v) is 3.40. The maximum absolute atomic E-state index is 14.1. The van der Waals surface area contributed by atoms with Gasteiger partial charge in [0, 0.05) is 22.7 Å². The van der Waals surface area contributed by atoms with Crippen LogP contribution in [0, 0.1) is 12.7 Å². The molecule has 1 heterocycles. The summed E-state index contributed by atoms with van der Waals surface area (Å²) < 4.78 is 59.0. The van der Waals surface area contributed by atoms with Gasteiger partial charge in [-0.25, -0.2) is 4.39 Å². The Balaban J connectivity index is 2.10. The molecule has 0 bridgehead atoms. The van der Waals surface area contributed by atoms with Crippen molar-refractivity contribution in [2.45, 2.75) is 45.9 Å². The van der Waals surface area contributed by atoms with Crippen LogP contribution in [0.15, 0.2) is 36.4 Å². The summed E-state index contributed by atoms with van der Waals surface area (Å²) in [5, 5.41) is 10.1. The highest BCUT2D eigenvalue weighted by Gasteiger charge is 2.30. The normalized spacial score (nSPS) is 12.7. The quantitative estimate of drug-likeness (QED) is 0.417. The number of esters is 1. The van der Waals surface area contributed by atoms with E-state index in [1.807, 2.05) is 6.92 Å². The SMILES string of the molecule is CC[C@@H](C)OC(=O)Cc1c(C)n(C(=O)c2ccc(C(F)(F)F)cc2)c2cc(F)c(O)cc12. The fraction of sp³-hybridized carbons (Fsp3) is 0.304. The predicted octanol–water partition coefficient (Wildman–Crippen LogP) is 5.39. The van der Waals surface area contributed by atoms with Crippen molar-refractivity contribution in [2.24, 2.45) is 0 Å². The molecule has 0 fully saturated rings. The lowest BCUT2D eigenvalue weighted by atomic mass is 10.1. The molecular formula is C23H21F4NO4. The molecule has 0 aliphatic rings. The number of ether oxygens (including phenoxy) is 1. The highest BCUT2D eigenvalue weighted by molar-refractivity contribution is 6.05. The number of aromatic nitrogens is 1. The van der Waals surface area contributed by atoms with Gasteiger partial charge in [-0.15, -0.1) is 0 Å². The van der Waals surface area contributed by atoms with E-state index < -0.39 is 35.2 Å². The van der Waals surface area contributed by atoms with Crippen LogP contribution in [0.4, 0.5) is 17.6 Å². The minimum Gasteiger partial charge on any atom is -0.505 e. The van der Waals surface area contributed by atoms with Crippen molar-refractivity contribution >= 4 is 22.8 Å². The Hall–Kier alpha value is -3.36. The Kier molecular flexibility index (Phi) is 6.29. The Labute approximate surface area is 181 Å². The van der Waals surface area contributed by atoms with Crippen LogP contribution in [-0.4, -0.2) is 27.7 Å². The first kappa shape index (κ1) is 23.3. The lowest BCUT2D eigenvalue weighted by Crippen LogP contribution is -2.17. The van der Waals surface area contributed by atoms with Crippen LogP contribution in [-0.2, 0) is 22.1 Å². The van der Waals surface area contributed by atoms with E-state index in [0.29, 0.717) is 12.0 Å². The summed E-state index contributed by atoms with van der Waals surface area (Å²) in [6, 6.07) is 5.69. The third-order valence-corrected chi connectivity index (χ3v) is 5.29. The molecule has 32 heavy (non-hydrogen) atoms. The van der Waals surface area contributed by atoms with E-state index in [1.54, 1.807) is 6.92 Å². The first-order valence-corrected chi connectivity index (χ1v) is 9.87. The molecule has 1 atom stereocenters. The Bertz CT molecular complexity index is 1180. The lowest BCUT2D eigenvalue weighted by Gasteiger charge is -2.11. The van der Waals surface area contributed by atoms with Gasteiger partial charge in [0.1, 0.15) is 0 Å². The number of carbonyl (C=O) groups is 2. The molecule has 0 unspecified atom stereocenters. The molecule has 3 rings (SSSR count). The molecule has 1 N–H and O–H groups in total. The zero-order valence-corrected chi connectivity index (χ0v) is 17.6. The van der Waals surface area contributed by atoms with Gasteiger partial charge in [0.2, 0.25) is 0 Å². The molecule has 9 heteroatoms. The van der Waals surface area contributed by atoms with E-state index in [0.717, 1.165) is 41.0 Å². The van der Waals surface area contributed by atoms with Gasteiger partial charge in [-0.2, -0.15) is 13.2 Å². The molecule has 0 saturated heterocycles. The minimum atomic E-state index is -4.55. The number of carbonyl (C=O) groups excluding carboxylic acids is 2. The first-order valence-electron chi connectivity index (χ1n) is 9.87. The monoisotopic (exact) mass is 451 g/mol. The fourth-order valence-electron chi connectivity index (χ4n) is 3.40. The van der Waals surface area contributed by atoms with Crippen molar-refractivity contribution in [3.63, 3.8) is 0 Å². The van der Waals surface area contributed by atoms with E-state index in [9.17, 15) is 32.3 Å². The highest BCUT2D eigenvalue weighted by atomic mass is 19.4. The first-order chi connectivity index (χ1) is 14.9. The van der Waals surface area contributed by atoms with Crippen molar-refractivity contribution in [1.82, 2.24) is 4.57 Å². The smallest absolute Gasteiger partial charge is 0.416 e. The van der Waals surface area contributed by atoms with Crippen molar-refractivity contribution in [2.75, 3.05) is 0 Å². The summed E-state index contributed by atoms with van der Waals surface area (Å²) in [4.78, 5) is 25.5. The second-order valence-electron chi connectivity index (χ2n) is 7.49. The number of aromatic hydroxyl groups is 1. The lowest BCUT2D eigenvalue weighted by molar-refractivity contribution is -0.147. The molecule has 3 aromatic rings. The van der Waals surface area contributed by atoms with E-state index in [-0.39, 0.29) is 34.7 Å². The standard InChI is InChI=1S/C23H21F4NO4/c1-4-12(2)32-21(30)10-16-13(3)28(19-11-18(24)20(29)9-17(16)19)22(31)14-5-7-15(8-6-14)23(25,26)27/h5-9,11-12,29H,4,10H2,1-3H3/t12-/m1/s1. The summed E-state index contributed by atoms with van der Waals surface area (Å²) in [6.07, 6.45) is -4.51. The van der Waals surface area contributed by atoms with Gasteiger partial charge in [0.05, 0.1) is 23.6 Å². The summed E-state index contributed by atoms with van der Waals surface area (Å²) in [7, 11) is 0. The Morgan fingerprint density at radius 3 is 2.34 bits per heavy atom. The van der Waals surface area contributed by atoms with Crippen LogP contribution in [0.1, 0.15) is 47.4 Å². The Morgan fingerprint density at radius 2 is 1.78 bits per heavy atom.